The largest absolute Gasteiger partial charge is 0.334 e. The van der Waals surface area contributed by atoms with Gasteiger partial charge in [0, 0.05) is 12.2 Å². The van der Waals surface area contributed by atoms with Crippen molar-refractivity contribution in [2.24, 2.45) is 0 Å². The fourth-order valence-electron chi connectivity index (χ4n) is 2.27. The molecule has 1 N–H and O–H groups in total. The zero-order valence-electron chi connectivity index (χ0n) is 13.7. The van der Waals surface area contributed by atoms with Crippen LogP contribution in [0, 0.1) is 13.8 Å². The summed E-state index contributed by atoms with van der Waals surface area (Å²) in [5, 5.41) is -0.152. The van der Waals surface area contributed by atoms with E-state index in [0.29, 0.717) is 0 Å². The number of hydrogen-bond acceptors (Lipinski definition) is 4. The van der Waals surface area contributed by atoms with Crippen LogP contribution in [0.1, 0.15) is 36.6 Å². The molecule has 1 aromatic carbocycles. The van der Waals surface area contributed by atoms with Gasteiger partial charge in [0.2, 0.25) is 5.91 Å². The molecular weight excluding hydrogens is 314 g/mol. The van der Waals surface area contributed by atoms with Crippen molar-refractivity contribution in [2.45, 2.75) is 45.2 Å². The maximum Gasteiger partial charge on any atom is 0.283 e. The topological polar surface area (TPSA) is 81.1 Å². The fourth-order valence-corrected chi connectivity index (χ4v) is 3.19. The van der Waals surface area contributed by atoms with Crippen molar-refractivity contribution in [1.82, 2.24) is 14.3 Å². The number of nitrogens with one attached hydrogen (secondary N) is 1. The molecule has 1 aromatic heterocycles. The van der Waals surface area contributed by atoms with Gasteiger partial charge in [-0.05, 0) is 44.4 Å². The van der Waals surface area contributed by atoms with Crippen LogP contribution in [0.25, 0.3) is 0 Å². The molecule has 23 heavy (non-hydrogen) atoms. The highest BCUT2D eigenvalue weighted by Gasteiger charge is 2.21. The van der Waals surface area contributed by atoms with Crippen LogP contribution >= 0.6 is 0 Å². The van der Waals surface area contributed by atoms with E-state index in [4.69, 9.17) is 0 Å². The summed E-state index contributed by atoms with van der Waals surface area (Å²) in [5.74, 6) is -0.568. The van der Waals surface area contributed by atoms with Gasteiger partial charge in [0.25, 0.3) is 10.0 Å². The van der Waals surface area contributed by atoms with Crippen LogP contribution in [0.2, 0.25) is 0 Å². The number of rotatable bonds is 5. The Bertz CT molecular complexity index is 803. The molecule has 0 bridgehead atoms. The number of sulfonamides is 1. The first-order valence-electron chi connectivity index (χ1n) is 7.35. The minimum atomic E-state index is -3.95. The molecule has 1 heterocycles. The van der Waals surface area contributed by atoms with Gasteiger partial charge >= 0.3 is 0 Å². The average Bonchev–Trinajstić information content (AvgIpc) is 2.93. The lowest BCUT2D eigenvalue weighted by molar-refractivity contribution is -0.118. The average molecular weight is 335 g/mol. The Morgan fingerprint density at radius 3 is 2.39 bits per heavy atom. The first-order valence-corrected chi connectivity index (χ1v) is 8.83. The summed E-state index contributed by atoms with van der Waals surface area (Å²) < 4.78 is 28.2. The van der Waals surface area contributed by atoms with E-state index < -0.39 is 15.9 Å². The molecule has 0 aliphatic rings. The highest BCUT2D eigenvalue weighted by atomic mass is 32.2. The zero-order valence-corrected chi connectivity index (χ0v) is 14.5. The van der Waals surface area contributed by atoms with Crippen LogP contribution in [0.3, 0.4) is 0 Å². The van der Waals surface area contributed by atoms with Crippen LogP contribution in [0.5, 0.6) is 0 Å². The lowest BCUT2D eigenvalue weighted by Gasteiger charge is -2.10. The molecule has 2 rings (SSSR count). The van der Waals surface area contributed by atoms with Crippen molar-refractivity contribution in [3.05, 3.63) is 47.4 Å². The maximum atomic E-state index is 12.2. The molecule has 7 heteroatoms. The standard InChI is InChI=1S/C16H21N3O3S/c1-11(2)19-9-16(17-10-19)23(21,22)18-15(20)8-14-12(3)6-5-7-13(14)4/h5-7,9-11H,8H2,1-4H3,(H,18,20). The predicted molar refractivity (Wildman–Crippen MR) is 87.6 cm³/mol. The normalized spacial score (nSPS) is 11.7. The van der Waals surface area contributed by atoms with Crippen molar-refractivity contribution in [3.63, 3.8) is 0 Å². The third-order valence-corrected chi connectivity index (χ3v) is 4.94. The van der Waals surface area contributed by atoms with Crippen LogP contribution < -0.4 is 4.72 Å². The van der Waals surface area contributed by atoms with Gasteiger partial charge in [0.1, 0.15) is 0 Å². The van der Waals surface area contributed by atoms with E-state index in [-0.39, 0.29) is 17.5 Å². The molecule has 1 amide bonds. The van der Waals surface area contributed by atoms with Gasteiger partial charge in [0.15, 0.2) is 5.03 Å². The van der Waals surface area contributed by atoms with Crippen LogP contribution in [0.4, 0.5) is 0 Å². The number of amides is 1. The molecule has 0 aliphatic carbocycles. The maximum absolute atomic E-state index is 12.2. The summed E-state index contributed by atoms with van der Waals surface area (Å²) in [6, 6.07) is 5.79. The Morgan fingerprint density at radius 1 is 1.26 bits per heavy atom. The molecule has 0 atom stereocenters. The number of carbonyl (C=O) groups excluding carboxylic acids is 1. The summed E-state index contributed by atoms with van der Waals surface area (Å²) in [7, 11) is -3.95. The summed E-state index contributed by atoms with van der Waals surface area (Å²) in [4.78, 5) is 16.0. The molecule has 2 aromatic rings. The quantitative estimate of drug-likeness (QED) is 0.907. The van der Waals surface area contributed by atoms with Crippen molar-refractivity contribution in [2.75, 3.05) is 0 Å². The summed E-state index contributed by atoms with van der Waals surface area (Å²) in [6.45, 7) is 7.62. The second-order valence-corrected chi connectivity index (χ2v) is 7.46. The van der Waals surface area contributed by atoms with E-state index in [1.54, 1.807) is 4.57 Å². The van der Waals surface area contributed by atoms with Gasteiger partial charge in [-0.2, -0.15) is 8.42 Å². The SMILES string of the molecule is Cc1cccc(C)c1CC(=O)NS(=O)(=O)c1cn(C(C)C)cn1. The predicted octanol–water partition coefficient (Wildman–Crippen LogP) is 2.13. The van der Waals surface area contributed by atoms with Gasteiger partial charge in [-0.3, -0.25) is 4.79 Å². The van der Waals surface area contributed by atoms with Crippen LogP contribution in [-0.2, 0) is 21.2 Å². The number of hydrogen-bond donors (Lipinski definition) is 1. The number of aryl methyl sites for hydroxylation is 2. The van der Waals surface area contributed by atoms with Crippen molar-refractivity contribution < 1.29 is 13.2 Å². The van der Waals surface area contributed by atoms with Gasteiger partial charge < -0.3 is 4.57 Å². The Balaban J connectivity index is 2.15. The third-order valence-electron chi connectivity index (χ3n) is 3.68. The van der Waals surface area contributed by atoms with E-state index in [1.807, 2.05) is 45.9 Å². The molecule has 124 valence electrons. The van der Waals surface area contributed by atoms with E-state index in [2.05, 4.69) is 9.71 Å². The first kappa shape index (κ1) is 17.2. The summed E-state index contributed by atoms with van der Waals surface area (Å²) in [5.41, 5.74) is 2.76. The number of imidazole rings is 1. The Labute approximate surface area is 136 Å². The number of aromatic nitrogens is 2. The van der Waals surface area contributed by atoms with Gasteiger partial charge in [0.05, 0.1) is 12.7 Å². The van der Waals surface area contributed by atoms with E-state index in [1.165, 1.54) is 12.5 Å². The molecule has 0 saturated carbocycles. The molecule has 0 unspecified atom stereocenters. The highest BCUT2D eigenvalue weighted by Crippen LogP contribution is 2.15. The summed E-state index contributed by atoms with van der Waals surface area (Å²) >= 11 is 0. The lowest BCUT2D eigenvalue weighted by Crippen LogP contribution is -2.32. The number of carbonyl (C=O) groups is 1. The lowest BCUT2D eigenvalue weighted by atomic mass is 10.0. The molecule has 0 radical (unpaired) electrons. The first-order chi connectivity index (χ1) is 10.7. The highest BCUT2D eigenvalue weighted by molar-refractivity contribution is 7.90. The van der Waals surface area contributed by atoms with Crippen molar-refractivity contribution >= 4 is 15.9 Å². The minimum absolute atomic E-state index is 0.0165. The number of benzene rings is 1. The zero-order chi connectivity index (χ0) is 17.2. The van der Waals surface area contributed by atoms with Crippen LogP contribution in [-0.4, -0.2) is 23.9 Å². The molecule has 6 nitrogen and oxygen atoms in total. The van der Waals surface area contributed by atoms with Gasteiger partial charge in [-0.15, -0.1) is 0 Å². The van der Waals surface area contributed by atoms with Crippen molar-refractivity contribution in [1.29, 1.82) is 0 Å². The molecule has 0 spiro atoms. The summed E-state index contributed by atoms with van der Waals surface area (Å²) in [6.07, 6.45) is 2.87. The van der Waals surface area contributed by atoms with Crippen molar-refractivity contribution in [3.8, 4) is 0 Å². The van der Waals surface area contributed by atoms with Crippen LogP contribution in [0.15, 0.2) is 35.7 Å². The Hall–Kier alpha value is -2.15. The molecule has 0 fully saturated rings. The van der Waals surface area contributed by atoms with E-state index in [9.17, 15) is 13.2 Å². The Kier molecular flexibility index (Phi) is 4.89. The molecular formula is C16H21N3O3S. The third kappa shape index (κ3) is 3.98. The smallest absolute Gasteiger partial charge is 0.283 e. The van der Waals surface area contributed by atoms with E-state index in [0.717, 1.165) is 16.7 Å². The Morgan fingerprint density at radius 2 is 1.87 bits per heavy atom. The molecule has 0 aliphatic heterocycles. The van der Waals surface area contributed by atoms with Gasteiger partial charge in [-0.25, -0.2) is 9.71 Å². The second kappa shape index (κ2) is 6.54. The second-order valence-electron chi connectivity index (χ2n) is 5.83. The monoisotopic (exact) mass is 335 g/mol. The molecule has 0 saturated heterocycles. The van der Waals surface area contributed by atoms with E-state index >= 15 is 0 Å². The van der Waals surface area contributed by atoms with Gasteiger partial charge in [-0.1, -0.05) is 18.2 Å². The minimum Gasteiger partial charge on any atom is -0.334 e. The fraction of sp³-hybridized carbons (Fsp3) is 0.375. The number of nitrogens with zero attached hydrogens (tertiary/aromatic N) is 2.